The number of hydrogen-bond donors (Lipinski definition) is 1. The fourth-order valence-electron chi connectivity index (χ4n) is 5.00. The van der Waals surface area contributed by atoms with Crippen LogP contribution in [0.25, 0.3) is 33.3 Å². The molecule has 0 radical (unpaired) electrons. The highest BCUT2D eigenvalue weighted by molar-refractivity contribution is 7.16. The third kappa shape index (κ3) is 4.00. The Morgan fingerprint density at radius 3 is 2.58 bits per heavy atom. The Bertz CT molecular complexity index is 1440. The molecule has 1 saturated heterocycles. The van der Waals surface area contributed by atoms with E-state index >= 15 is 0 Å². The van der Waals surface area contributed by atoms with Crippen LogP contribution in [0, 0.1) is 5.92 Å². The first-order valence-electron chi connectivity index (χ1n) is 11.5. The zero-order valence-corrected chi connectivity index (χ0v) is 19.6. The molecule has 1 unspecified atom stereocenters. The summed E-state index contributed by atoms with van der Waals surface area (Å²) in [7, 11) is 0. The van der Waals surface area contributed by atoms with Gasteiger partial charge >= 0.3 is 12.1 Å². The first-order chi connectivity index (χ1) is 17.3. The molecule has 1 N–H and O–H groups in total. The zero-order chi connectivity index (χ0) is 25.0. The van der Waals surface area contributed by atoms with Gasteiger partial charge in [0, 0.05) is 30.3 Å². The minimum atomic E-state index is -4.51. The first kappa shape index (κ1) is 22.9. The van der Waals surface area contributed by atoms with Crippen LogP contribution in [0.15, 0.2) is 59.1 Å². The number of carbonyl (C=O) groups is 1. The van der Waals surface area contributed by atoms with Crippen molar-refractivity contribution in [2.45, 2.75) is 25.1 Å². The van der Waals surface area contributed by atoms with Crippen LogP contribution >= 0.6 is 11.3 Å². The van der Waals surface area contributed by atoms with Gasteiger partial charge in [0.2, 0.25) is 5.82 Å². The molecule has 0 saturated carbocycles. The summed E-state index contributed by atoms with van der Waals surface area (Å²) < 4.78 is 46.7. The molecular formula is C26H20F3N3O3S. The average Bonchev–Trinajstić information content (AvgIpc) is 3.56. The smallest absolute Gasteiger partial charge is 0.426 e. The number of halogens is 3. The second-order valence-electron chi connectivity index (χ2n) is 9.10. The molecule has 0 bridgehead atoms. The van der Waals surface area contributed by atoms with Crippen LogP contribution in [-0.2, 0) is 17.4 Å². The van der Waals surface area contributed by atoms with E-state index in [4.69, 9.17) is 4.52 Å². The maximum absolute atomic E-state index is 13.8. The maximum Gasteiger partial charge on any atom is 0.426 e. The van der Waals surface area contributed by atoms with Crippen molar-refractivity contribution in [1.82, 2.24) is 15.0 Å². The number of aryl methyl sites for hydroxylation is 1. The fraction of sp³-hybridized carbons (Fsp3) is 0.269. The van der Waals surface area contributed by atoms with Gasteiger partial charge in [-0.15, -0.1) is 11.3 Å². The fourth-order valence-corrected chi connectivity index (χ4v) is 5.97. The molecule has 6 nitrogen and oxygen atoms in total. The molecule has 1 aliphatic carbocycles. The number of likely N-dealkylation sites (tertiary alicyclic amines) is 1. The van der Waals surface area contributed by atoms with Gasteiger partial charge in [-0.1, -0.05) is 47.6 Å². The van der Waals surface area contributed by atoms with Crippen LogP contribution < -0.4 is 0 Å². The van der Waals surface area contributed by atoms with E-state index in [-0.39, 0.29) is 28.3 Å². The van der Waals surface area contributed by atoms with E-state index in [1.165, 1.54) is 11.6 Å². The zero-order valence-electron chi connectivity index (χ0n) is 18.8. The van der Waals surface area contributed by atoms with Crippen molar-refractivity contribution in [3.8, 4) is 33.3 Å². The number of alkyl halides is 3. The third-order valence-corrected chi connectivity index (χ3v) is 8.03. The average molecular weight is 512 g/mol. The molecule has 1 aliphatic heterocycles. The van der Waals surface area contributed by atoms with Crippen molar-refractivity contribution < 1.29 is 27.6 Å². The topological polar surface area (TPSA) is 79.5 Å². The minimum Gasteiger partial charge on any atom is -0.481 e. The molecule has 36 heavy (non-hydrogen) atoms. The molecule has 10 heteroatoms. The molecule has 1 atom stereocenters. The molecule has 2 aromatic heterocycles. The van der Waals surface area contributed by atoms with Crippen molar-refractivity contribution in [1.29, 1.82) is 0 Å². The SMILES string of the molecule is O=C(O)C1CN(C2CCc3ccc(-c4noc(-c5cc(-c6ccccc6)c(C(F)(F)F)s5)n4)cc32)C1. The van der Waals surface area contributed by atoms with Crippen LogP contribution in [0.1, 0.15) is 28.5 Å². The van der Waals surface area contributed by atoms with Crippen molar-refractivity contribution in [2.75, 3.05) is 13.1 Å². The lowest BCUT2D eigenvalue weighted by Crippen LogP contribution is -2.51. The van der Waals surface area contributed by atoms with Crippen molar-refractivity contribution in [2.24, 2.45) is 5.92 Å². The normalized spacial score (nSPS) is 18.2. The molecule has 6 rings (SSSR count). The lowest BCUT2D eigenvalue weighted by atomic mass is 9.94. The number of aromatic nitrogens is 2. The predicted octanol–water partition coefficient (Wildman–Crippen LogP) is 6.15. The van der Waals surface area contributed by atoms with Crippen LogP contribution in [0.4, 0.5) is 13.2 Å². The summed E-state index contributed by atoms with van der Waals surface area (Å²) in [5.41, 5.74) is 3.57. The van der Waals surface area contributed by atoms with Gasteiger partial charge in [-0.05, 0) is 41.7 Å². The second kappa shape index (κ2) is 8.56. The molecular weight excluding hydrogens is 491 g/mol. The molecule has 3 heterocycles. The summed E-state index contributed by atoms with van der Waals surface area (Å²) in [5, 5.41) is 13.2. The number of nitrogens with zero attached hydrogens (tertiary/aromatic N) is 3. The van der Waals surface area contributed by atoms with Crippen LogP contribution in [0.2, 0.25) is 0 Å². The Morgan fingerprint density at radius 1 is 1.08 bits per heavy atom. The highest BCUT2D eigenvalue weighted by Crippen LogP contribution is 2.46. The largest absolute Gasteiger partial charge is 0.481 e. The van der Waals surface area contributed by atoms with Crippen LogP contribution in [-0.4, -0.2) is 39.2 Å². The number of benzene rings is 2. The maximum atomic E-state index is 13.8. The summed E-state index contributed by atoms with van der Waals surface area (Å²) in [4.78, 5) is 17.3. The number of aliphatic carboxylic acids is 1. The van der Waals surface area contributed by atoms with E-state index in [0.29, 0.717) is 41.4 Å². The highest BCUT2D eigenvalue weighted by Gasteiger charge is 2.40. The molecule has 0 amide bonds. The number of carboxylic acid groups (broad SMARTS) is 1. The summed E-state index contributed by atoms with van der Waals surface area (Å²) in [6.07, 6.45) is -2.69. The Labute approximate surface area is 208 Å². The summed E-state index contributed by atoms with van der Waals surface area (Å²) >= 11 is 0.584. The summed E-state index contributed by atoms with van der Waals surface area (Å²) in [5.74, 6) is -0.763. The van der Waals surface area contributed by atoms with Gasteiger partial charge in [0.25, 0.3) is 5.89 Å². The molecule has 1 fully saturated rings. The number of thiophene rings is 1. The van der Waals surface area contributed by atoms with E-state index in [9.17, 15) is 23.1 Å². The lowest BCUT2D eigenvalue weighted by Gasteiger charge is -2.41. The van der Waals surface area contributed by atoms with E-state index < -0.39 is 17.0 Å². The highest BCUT2D eigenvalue weighted by atomic mass is 32.1. The van der Waals surface area contributed by atoms with Crippen molar-refractivity contribution in [3.63, 3.8) is 0 Å². The quantitative estimate of drug-likeness (QED) is 0.346. The number of fused-ring (bicyclic) bond motifs is 1. The van der Waals surface area contributed by atoms with Gasteiger partial charge in [-0.3, -0.25) is 9.69 Å². The number of carboxylic acids is 1. The van der Waals surface area contributed by atoms with E-state index in [1.54, 1.807) is 30.3 Å². The Hall–Kier alpha value is -3.50. The van der Waals surface area contributed by atoms with Crippen molar-refractivity contribution >= 4 is 17.3 Å². The monoisotopic (exact) mass is 511 g/mol. The van der Waals surface area contributed by atoms with Gasteiger partial charge in [-0.2, -0.15) is 18.2 Å². The van der Waals surface area contributed by atoms with Crippen LogP contribution in [0.5, 0.6) is 0 Å². The van der Waals surface area contributed by atoms with Gasteiger partial charge in [-0.25, -0.2) is 0 Å². The van der Waals surface area contributed by atoms with Gasteiger partial charge in [0.05, 0.1) is 10.8 Å². The van der Waals surface area contributed by atoms with Gasteiger partial charge < -0.3 is 9.63 Å². The predicted molar refractivity (Wildman–Crippen MR) is 127 cm³/mol. The van der Waals surface area contributed by atoms with E-state index in [2.05, 4.69) is 15.0 Å². The standard InChI is InChI=1S/C26H20F3N3O3S/c27-26(28,29)22-19(14-4-2-1-3-5-14)11-21(36-22)24-30-23(31-35-24)16-7-6-15-8-9-20(18(15)10-16)32-12-17(13-32)25(33)34/h1-7,10-11,17,20H,8-9,12-13H2,(H,33,34). The molecule has 4 aromatic rings. The van der Waals surface area contributed by atoms with Gasteiger partial charge in [0.1, 0.15) is 4.88 Å². The summed E-state index contributed by atoms with van der Waals surface area (Å²) in [6.45, 7) is 1.05. The minimum absolute atomic E-state index is 0.0340. The van der Waals surface area contributed by atoms with Crippen molar-refractivity contribution in [3.05, 3.63) is 70.6 Å². The van der Waals surface area contributed by atoms with E-state index in [0.717, 1.165) is 18.4 Å². The second-order valence-corrected chi connectivity index (χ2v) is 10.1. The summed E-state index contributed by atoms with van der Waals surface area (Å²) in [6, 6.07) is 15.9. The Balaban J connectivity index is 1.30. The Kier molecular flexibility index (Phi) is 5.45. The first-order valence-corrected chi connectivity index (χ1v) is 12.3. The number of rotatable bonds is 5. The lowest BCUT2D eigenvalue weighted by molar-refractivity contribution is -0.148. The third-order valence-electron chi connectivity index (χ3n) is 6.86. The van der Waals surface area contributed by atoms with Gasteiger partial charge in [0.15, 0.2) is 0 Å². The number of hydrogen-bond acceptors (Lipinski definition) is 6. The molecule has 184 valence electrons. The van der Waals surface area contributed by atoms with Crippen LogP contribution in [0.3, 0.4) is 0 Å². The molecule has 0 spiro atoms. The Morgan fingerprint density at radius 2 is 1.86 bits per heavy atom. The molecule has 2 aromatic carbocycles. The van der Waals surface area contributed by atoms with E-state index in [1.807, 2.05) is 18.2 Å². The molecule has 2 aliphatic rings.